The molecule has 1 aromatic rings. The summed E-state index contributed by atoms with van der Waals surface area (Å²) in [5, 5.41) is 4.38. The van der Waals surface area contributed by atoms with Crippen LogP contribution >= 0.6 is 23.4 Å². The highest BCUT2D eigenvalue weighted by atomic mass is 35.5. The van der Waals surface area contributed by atoms with Gasteiger partial charge in [0, 0.05) is 55.9 Å². The summed E-state index contributed by atoms with van der Waals surface area (Å²) < 4.78 is 5.14. The Morgan fingerprint density at radius 1 is 1.40 bits per heavy atom. The summed E-state index contributed by atoms with van der Waals surface area (Å²) in [5.74, 6) is 2.47. The molecule has 1 unspecified atom stereocenters. The molecule has 1 saturated heterocycles. The number of benzene rings is 1. The zero-order valence-corrected chi connectivity index (χ0v) is 13.6. The van der Waals surface area contributed by atoms with E-state index >= 15 is 0 Å². The maximum atomic E-state index is 6.12. The summed E-state index contributed by atoms with van der Waals surface area (Å²) in [5.41, 5.74) is 1.26. The predicted molar refractivity (Wildman–Crippen MR) is 87.8 cm³/mol. The summed E-state index contributed by atoms with van der Waals surface area (Å²) in [7, 11) is 1.73. The van der Waals surface area contributed by atoms with Gasteiger partial charge in [0.05, 0.1) is 6.61 Å². The van der Waals surface area contributed by atoms with Crippen molar-refractivity contribution >= 4 is 23.4 Å². The first-order chi connectivity index (χ1) is 9.79. The maximum Gasteiger partial charge on any atom is 0.0587 e. The Morgan fingerprint density at radius 2 is 2.20 bits per heavy atom. The first-order valence-corrected chi connectivity index (χ1v) is 8.61. The van der Waals surface area contributed by atoms with Gasteiger partial charge < -0.3 is 10.1 Å². The van der Waals surface area contributed by atoms with Crippen LogP contribution in [0.1, 0.15) is 11.6 Å². The van der Waals surface area contributed by atoms with Crippen molar-refractivity contribution in [2.24, 2.45) is 0 Å². The van der Waals surface area contributed by atoms with Gasteiger partial charge in [0.15, 0.2) is 0 Å². The lowest BCUT2D eigenvalue weighted by atomic mass is 10.1. The minimum atomic E-state index is 0.312. The van der Waals surface area contributed by atoms with E-state index in [1.165, 1.54) is 30.2 Å². The first-order valence-electron chi connectivity index (χ1n) is 7.07. The second-order valence-corrected chi connectivity index (χ2v) is 6.63. The van der Waals surface area contributed by atoms with E-state index in [2.05, 4.69) is 22.3 Å². The van der Waals surface area contributed by atoms with Crippen LogP contribution in [-0.4, -0.2) is 56.3 Å². The van der Waals surface area contributed by atoms with Crippen LogP contribution in [0.5, 0.6) is 0 Å². The molecule has 1 atom stereocenters. The fourth-order valence-corrected chi connectivity index (χ4v) is 3.57. The number of rotatable bonds is 7. The fourth-order valence-electron chi connectivity index (χ4n) is 2.39. The van der Waals surface area contributed by atoms with Crippen molar-refractivity contribution in [3.8, 4) is 0 Å². The number of ether oxygens (including phenoxy) is 1. The highest BCUT2D eigenvalue weighted by molar-refractivity contribution is 7.99. The van der Waals surface area contributed by atoms with Gasteiger partial charge >= 0.3 is 0 Å². The lowest BCUT2D eigenvalue weighted by Gasteiger charge is -2.31. The van der Waals surface area contributed by atoms with Crippen molar-refractivity contribution in [1.29, 1.82) is 0 Å². The lowest BCUT2D eigenvalue weighted by Crippen LogP contribution is -2.40. The van der Waals surface area contributed by atoms with Crippen molar-refractivity contribution in [1.82, 2.24) is 10.2 Å². The molecule has 0 aromatic heterocycles. The van der Waals surface area contributed by atoms with Gasteiger partial charge in [-0.25, -0.2) is 0 Å². The second-order valence-electron chi connectivity index (χ2n) is 4.97. The average Bonchev–Trinajstić information content (AvgIpc) is 2.47. The standard InChI is InChI=1S/C15H23ClN2OS/c1-19-8-5-17-15(12-18-6-9-20-10-7-18)13-3-2-4-14(16)11-13/h2-4,11,15,17H,5-10,12H2,1H3. The molecular weight excluding hydrogens is 292 g/mol. The minimum absolute atomic E-state index is 0.312. The van der Waals surface area contributed by atoms with E-state index in [0.29, 0.717) is 6.04 Å². The van der Waals surface area contributed by atoms with Crippen LogP contribution < -0.4 is 5.32 Å². The second kappa shape index (κ2) is 8.90. The monoisotopic (exact) mass is 314 g/mol. The molecule has 1 aliphatic heterocycles. The van der Waals surface area contributed by atoms with Crippen molar-refractivity contribution in [2.45, 2.75) is 6.04 Å². The smallest absolute Gasteiger partial charge is 0.0587 e. The Morgan fingerprint density at radius 3 is 2.90 bits per heavy atom. The van der Waals surface area contributed by atoms with Crippen molar-refractivity contribution in [3.05, 3.63) is 34.9 Å². The van der Waals surface area contributed by atoms with Gasteiger partial charge in [-0.05, 0) is 17.7 Å². The number of nitrogens with zero attached hydrogens (tertiary/aromatic N) is 1. The number of thioether (sulfide) groups is 1. The Kier molecular flexibility index (Phi) is 7.17. The quantitative estimate of drug-likeness (QED) is 0.782. The summed E-state index contributed by atoms with van der Waals surface area (Å²) in [6.45, 7) is 4.97. The topological polar surface area (TPSA) is 24.5 Å². The summed E-state index contributed by atoms with van der Waals surface area (Å²) in [6, 6.07) is 8.47. The number of hydrogen-bond donors (Lipinski definition) is 1. The number of hydrogen-bond acceptors (Lipinski definition) is 4. The third-order valence-corrected chi connectivity index (χ3v) is 4.67. The van der Waals surface area contributed by atoms with Crippen molar-refractivity contribution in [2.75, 3.05) is 51.4 Å². The van der Waals surface area contributed by atoms with Crippen LogP contribution in [0.2, 0.25) is 5.02 Å². The Labute approximate surface area is 131 Å². The van der Waals surface area contributed by atoms with Gasteiger partial charge in [0.1, 0.15) is 0 Å². The predicted octanol–water partition coefficient (Wildman–Crippen LogP) is 2.67. The van der Waals surface area contributed by atoms with Crippen LogP contribution in [0.4, 0.5) is 0 Å². The van der Waals surface area contributed by atoms with Gasteiger partial charge in [-0.3, -0.25) is 4.90 Å². The van der Waals surface area contributed by atoms with Crippen LogP contribution in [0.15, 0.2) is 24.3 Å². The Hall–Kier alpha value is -0.260. The molecule has 3 nitrogen and oxygen atoms in total. The molecule has 20 heavy (non-hydrogen) atoms. The maximum absolute atomic E-state index is 6.12. The van der Waals surface area contributed by atoms with Gasteiger partial charge in [-0.2, -0.15) is 11.8 Å². The van der Waals surface area contributed by atoms with Gasteiger partial charge in [0.2, 0.25) is 0 Å². The molecule has 1 fully saturated rings. The average molecular weight is 315 g/mol. The van der Waals surface area contributed by atoms with Crippen molar-refractivity contribution < 1.29 is 4.74 Å². The molecule has 2 rings (SSSR count). The van der Waals surface area contributed by atoms with Crippen LogP contribution in [0, 0.1) is 0 Å². The van der Waals surface area contributed by atoms with E-state index in [-0.39, 0.29) is 0 Å². The minimum Gasteiger partial charge on any atom is -0.383 e. The van der Waals surface area contributed by atoms with E-state index in [1.54, 1.807) is 7.11 Å². The van der Waals surface area contributed by atoms with E-state index in [0.717, 1.165) is 24.7 Å². The molecule has 0 radical (unpaired) electrons. The van der Waals surface area contributed by atoms with Crippen LogP contribution in [0.25, 0.3) is 0 Å². The highest BCUT2D eigenvalue weighted by Gasteiger charge is 2.18. The zero-order valence-electron chi connectivity index (χ0n) is 12.0. The normalized spacial score (nSPS) is 18.1. The fraction of sp³-hybridized carbons (Fsp3) is 0.600. The Balaban J connectivity index is 1.99. The molecule has 0 saturated carbocycles. The van der Waals surface area contributed by atoms with E-state index in [4.69, 9.17) is 16.3 Å². The summed E-state index contributed by atoms with van der Waals surface area (Å²) in [4.78, 5) is 2.53. The van der Waals surface area contributed by atoms with Gasteiger partial charge in [0.25, 0.3) is 0 Å². The van der Waals surface area contributed by atoms with Gasteiger partial charge in [-0.15, -0.1) is 0 Å². The van der Waals surface area contributed by atoms with Crippen LogP contribution in [-0.2, 0) is 4.74 Å². The molecule has 5 heteroatoms. The largest absolute Gasteiger partial charge is 0.383 e. The van der Waals surface area contributed by atoms with Gasteiger partial charge in [-0.1, -0.05) is 23.7 Å². The molecule has 0 spiro atoms. The SMILES string of the molecule is COCCNC(CN1CCSCC1)c1cccc(Cl)c1. The molecule has 0 aliphatic carbocycles. The first kappa shape index (κ1) is 16.1. The van der Waals surface area contributed by atoms with Crippen molar-refractivity contribution in [3.63, 3.8) is 0 Å². The summed E-state index contributed by atoms with van der Waals surface area (Å²) >= 11 is 8.17. The molecule has 0 bridgehead atoms. The highest BCUT2D eigenvalue weighted by Crippen LogP contribution is 2.20. The third-order valence-electron chi connectivity index (χ3n) is 3.49. The van der Waals surface area contributed by atoms with E-state index < -0.39 is 0 Å². The number of methoxy groups -OCH3 is 1. The molecule has 112 valence electrons. The molecule has 1 heterocycles. The van der Waals surface area contributed by atoms with E-state index in [9.17, 15) is 0 Å². The molecule has 1 aliphatic rings. The van der Waals surface area contributed by atoms with E-state index in [1.807, 2.05) is 23.9 Å². The molecule has 1 N–H and O–H groups in total. The summed E-state index contributed by atoms with van der Waals surface area (Å²) in [6.07, 6.45) is 0. The lowest BCUT2D eigenvalue weighted by molar-refractivity contribution is 0.189. The molecular formula is C15H23ClN2OS. The number of nitrogens with one attached hydrogen (secondary N) is 1. The number of halogens is 1. The molecule has 1 aromatic carbocycles. The zero-order chi connectivity index (χ0) is 14.2. The third kappa shape index (κ3) is 5.26. The van der Waals surface area contributed by atoms with Crippen LogP contribution in [0.3, 0.4) is 0 Å². The Bertz CT molecular complexity index is 399. The molecule has 0 amide bonds.